The molecule has 0 aliphatic heterocycles. The summed E-state index contributed by atoms with van der Waals surface area (Å²) in [4.78, 5) is 4.40. The van der Waals surface area contributed by atoms with Crippen LogP contribution >= 0.6 is 0 Å². The molecule has 1 heterocycles. The summed E-state index contributed by atoms with van der Waals surface area (Å²) in [7, 11) is 0. The van der Waals surface area contributed by atoms with E-state index in [1.165, 1.54) is 11.3 Å². The SMILES string of the molecule is CC(C)Cc1c[n+](Cc2ccccc2)ccn1. The van der Waals surface area contributed by atoms with Crippen LogP contribution < -0.4 is 4.57 Å². The third kappa shape index (κ3) is 3.66. The second-order valence-corrected chi connectivity index (χ2v) is 4.80. The molecule has 0 aliphatic rings. The van der Waals surface area contributed by atoms with Crippen LogP contribution in [0.3, 0.4) is 0 Å². The molecule has 0 atom stereocenters. The number of hydrogen-bond acceptors (Lipinski definition) is 1. The van der Waals surface area contributed by atoms with E-state index in [4.69, 9.17) is 0 Å². The Morgan fingerprint density at radius 3 is 2.65 bits per heavy atom. The molecule has 2 nitrogen and oxygen atoms in total. The number of benzene rings is 1. The second-order valence-electron chi connectivity index (χ2n) is 4.80. The van der Waals surface area contributed by atoms with E-state index < -0.39 is 0 Å². The van der Waals surface area contributed by atoms with Gasteiger partial charge in [-0.1, -0.05) is 44.2 Å². The fraction of sp³-hybridized carbons (Fsp3) is 0.333. The summed E-state index contributed by atoms with van der Waals surface area (Å²) >= 11 is 0. The lowest BCUT2D eigenvalue weighted by Gasteiger charge is -2.03. The van der Waals surface area contributed by atoms with Crippen molar-refractivity contribution in [2.75, 3.05) is 0 Å². The summed E-state index contributed by atoms with van der Waals surface area (Å²) in [5, 5.41) is 0. The van der Waals surface area contributed by atoms with Gasteiger partial charge in [0.25, 0.3) is 0 Å². The lowest BCUT2D eigenvalue weighted by Crippen LogP contribution is -2.34. The number of nitrogens with zero attached hydrogens (tertiary/aromatic N) is 2. The summed E-state index contributed by atoms with van der Waals surface area (Å²) in [6, 6.07) is 10.5. The minimum absolute atomic E-state index is 0.648. The third-order valence-corrected chi connectivity index (χ3v) is 2.64. The minimum atomic E-state index is 0.648. The molecule has 0 radical (unpaired) electrons. The highest BCUT2D eigenvalue weighted by atomic mass is 15.0. The van der Waals surface area contributed by atoms with Gasteiger partial charge in [-0.25, -0.2) is 4.98 Å². The van der Waals surface area contributed by atoms with Gasteiger partial charge in [0.05, 0.1) is 6.20 Å². The third-order valence-electron chi connectivity index (χ3n) is 2.64. The highest BCUT2D eigenvalue weighted by molar-refractivity contribution is 5.13. The molecule has 2 rings (SSSR count). The first-order valence-corrected chi connectivity index (χ1v) is 6.12. The van der Waals surface area contributed by atoms with Gasteiger partial charge in [-0.05, 0) is 12.3 Å². The van der Waals surface area contributed by atoms with Gasteiger partial charge in [-0.2, -0.15) is 4.57 Å². The van der Waals surface area contributed by atoms with E-state index in [0.717, 1.165) is 13.0 Å². The standard InChI is InChI=1S/C15H19N2/c1-13(2)10-15-12-17(9-8-16-15)11-14-6-4-3-5-7-14/h3-9,12-13H,10-11H2,1-2H3/q+1. The Morgan fingerprint density at radius 1 is 1.18 bits per heavy atom. The van der Waals surface area contributed by atoms with E-state index in [0.29, 0.717) is 5.92 Å². The normalized spacial score (nSPS) is 10.8. The van der Waals surface area contributed by atoms with Crippen molar-refractivity contribution in [3.63, 3.8) is 0 Å². The van der Waals surface area contributed by atoms with Crippen LogP contribution in [-0.4, -0.2) is 4.98 Å². The average molecular weight is 227 g/mol. The van der Waals surface area contributed by atoms with E-state index in [-0.39, 0.29) is 0 Å². The van der Waals surface area contributed by atoms with Crippen LogP contribution in [-0.2, 0) is 13.0 Å². The monoisotopic (exact) mass is 227 g/mol. The van der Waals surface area contributed by atoms with Gasteiger partial charge in [0.15, 0.2) is 18.9 Å². The maximum Gasteiger partial charge on any atom is 0.190 e. The number of hydrogen-bond donors (Lipinski definition) is 0. The molecule has 0 unspecified atom stereocenters. The first-order chi connectivity index (χ1) is 8.24. The van der Waals surface area contributed by atoms with Crippen molar-refractivity contribution in [1.82, 2.24) is 4.98 Å². The zero-order valence-electron chi connectivity index (χ0n) is 10.5. The maximum absolute atomic E-state index is 4.40. The predicted octanol–water partition coefficient (Wildman–Crippen LogP) is 2.62. The van der Waals surface area contributed by atoms with Crippen LogP contribution in [0.5, 0.6) is 0 Å². The van der Waals surface area contributed by atoms with Gasteiger partial charge in [-0.15, -0.1) is 0 Å². The Labute approximate surface area is 103 Å². The predicted molar refractivity (Wildman–Crippen MR) is 68.5 cm³/mol. The molecule has 0 spiro atoms. The highest BCUT2D eigenvalue weighted by Gasteiger charge is 2.06. The largest absolute Gasteiger partial charge is 0.249 e. The van der Waals surface area contributed by atoms with Crippen molar-refractivity contribution in [1.29, 1.82) is 0 Å². The molecule has 0 fully saturated rings. The van der Waals surface area contributed by atoms with Crippen molar-refractivity contribution in [2.24, 2.45) is 5.92 Å². The lowest BCUT2D eigenvalue weighted by molar-refractivity contribution is -0.689. The van der Waals surface area contributed by atoms with Crippen molar-refractivity contribution in [3.8, 4) is 0 Å². The van der Waals surface area contributed by atoms with E-state index >= 15 is 0 Å². The van der Waals surface area contributed by atoms with Crippen molar-refractivity contribution in [3.05, 3.63) is 60.2 Å². The fourth-order valence-electron chi connectivity index (χ4n) is 1.90. The average Bonchev–Trinajstić information content (AvgIpc) is 2.30. The topological polar surface area (TPSA) is 16.8 Å². The number of rotatable bonds is 4. The molecule has 0 amide bonds. The van der Waals surface area contributed by atoms with Crippen LogP contribution in [0, 0.1) is 5.92 Å². The van der Waals surface area contributed by atoms with Gasteiger partial charge < -0.3 is 0 Å². The first-order valence-electron chi connectivity index (χ1n) is 6.12. The van der Waals surface area contributed by atoms with Crippen molar-refractivity contribution < 1.29 is 4.57 Å². The summed E-state index contributed by atoms with van der Waals surface area (Å²) in [6.07, 6.45) is 7.10. The summed E-state index contributed by atoms with van der Waals surface area (Å²) in [5.41, 5.74) is 2.48. The zero-order chi connectivity index (χ0) is 12.1. The smallest absolute Gasteiger partial charge is 0.190 e. The molecule has 1 aromatic carbocycles. The van der Waals surface area contributed by atoms with Crippen LogP contribution in [0.15, 0.2) is 48.9 Å². The second kappa shape index (κ2) is 5.58. The summed E-state index contributed by atoms with van der Waals surface area (Å²) in [5.74, 6) is 0.648. The van der Waals surface area contributed by atoms with E-state index in [2.05, 4.69) is 53.9 Å². The molecule has 0 saturated carbocycles. The van der Waals surface area contributed by atoms with Crippen molar-refractivity contribution in [2.45, 2.75) is 26.8 Å². The molecule has 0 bridgehead atoms. The van der Waals surface area contributed by atoms with E-state index in [9.17, 15) is 0 Å². The molecule has 0 saturated heterocycles. The molecule has 2 heteroatoms. The Hall–Kier alpha value is -1.70. The Bertz CT molecular complexity index is 463. The molecular weight excluding hydrogens is 208 g/mol. The minimum Gasteiger partial charge on any atom is -0.249 e. The summed E-state index contributed by atoms with van der Waals surface area (Å²) in [6.45, 7) is 5.35. The number of aromatic nitrogens is 2. The molecule has 17 heavy (non-hydrogen) atoms. The Balaban J connectivity index is 2.11. The molecule has 1 aromatic heterocycles. The van der Waals surface area contributed by atoms with E-state index in [1.54, 1.807) is 0 Å². The maximum atomic E-state index is 4.40. The van der Waals surface area contributed by atoms with E-state index in [1.807, 2.05) is 18.5 Å². The highest BCUT2D eigenvalue weighted by Crippen LogP contribution is 2.02. The Kier molecular flexibility index (Phi) is 3.86. The molecular formula is C15H19N2+. The van der Waals surface area contributed by atoms with Crippen LogP contribution in [0.2, 0.25) is 0 Å². The van der Waals surface area contributed by atoms with Gasteiger partial charge >= 0.3 is 0 Å². The van der Waals surface area contributed by atoms with Crippen LogP contribution in [0.4, 0.5) is 0 Å². The Morgan fingerprint density at radius 2 is 1.94 bits per heavy atom. The van der Waals surface area contributed by atoms with Gasteiger partial charge in [0.2, 0.25) is 0 Å². The first kappa shape index (κ1) is 11.8. The molecule has 0 aliphatic carbocycles. The van der Waals surface area contributed by atoms with Crippen molar-refractivity contribution >= 4 is 0 Å². The fourth-order valence-corrected chi connectivity index (χ4v) is 1.90. The molecule has 2 aromatic rings. The van der Waals surface area contributed by atoms with Gasteiger partial charge in [0.1, 0.15) is 5.69 Å². The van der Waals surface area contributed by atoms with Crippen LogP contribution in [0.25, 0.3) is 0 Å². The molecule has 88 valence electrons. The van der Waals surface area contributed by atoms with Gasteiger partial charge in [-0.3, -0.25) is 0 Å². The lowest BCUT2D eigenvalue weighted by atomic mass is 10.1. The summed E-state index contributed by atoms with van der Waals surface area (Å²) < 4.78 is 2.19. The van der Waals surface area contributed by atoms with Gasteiger partial charge in [0, 0.05) is 5.56 Å². The zero-order valence-corrected chi connectivity index (χ0v) is 10.5. The molecule has 0 N–H and O–H groups in total. The van der Waals surface area contributed by atoms with Crippen LogP contribution in [0.1, 0.15) is 25.1 Å². The quantitative estimate of drug-likeness (QED) is 0.734.